The lowest BCUT2D eigenvalue weighted by atomic mass is 10.1. The number of fused-ring (bicyclic) bond motifs is 1. The Morgan fingerprint density at radius 3 is 2.38 bits per heavy atom. The second kappa shape index (κ2) is 6.50. The topological polar surface area (TPSA) is 30.5 Å². The summed E-state index contributed by atoms with van der Waals surface area (Å²) in [5, 5.41) is 3.45. The van der Waals surface area contributed by atoms with Gasteiger partial charge in [0.1, 0.15) is 13.2 Å². The van der Waals surface area contributed by atoms with Crippen molar-refractivity contribution >= 4 is 15.9 Å². The molecule has 2 aromatic carbocycles. The average Bonchev–Trinajstić information content (AvgIpc) is 2.51. The van der Waals surface area contributed by atoms with Crippen LogP contribution in [0.15, 0.2) is 40.9 Å². The predicted molar refractivity (Wildman–Crippen MR) is 86.9 cm³/mol. The number of hydrogen-bond acceptors (Lipinski definition) is 3. The third-order valence-electron chi connectivity index (χ3n) is 3.50. The van der Waals surface area contributed by atoms with Gasteiger partial charge in [-0.25, -0.2) is 0 Å². The Kier molecular flexibility index (Phi) is 4.46. The number of hydrogen-bond donors (Lipinski definition) is 1. The minimum absolute atomic E-state index is 0.626. The second-order valence-electron chi connectivity index (χ2n) is 5.17. The number of benzene rings is 2. The molecule has 1 aliphatic heterocycles. The molecule has 3 rings (SSSR count). The molecule has 3 nitrogen and oxygen atoms in total. The minimum Gasteiger partial charge on any atom is -0.486 e. The van der Waals surface area contributed by atoms with E-state index in [4.69, 9.17) is 9.47 Å². The van der Waals surface area contributed by atoms with Crippen LogP contribution in [0.25, 0.3) is 0 Å². The molecule has 0 fully saturated rings. The summed E-state index contributed by atoms with van der Waals surface area (Å²) in [6.07, 6.45) is 0. The highest BCUT2D eigenvalue weighted by atomic mass is 79.9. The summed E-state index contributed by atoms with van der Waals surface area (Å²) in [5.74, 6) is 1.69. The van der Waals surface area contributed by atoms with Crippen molar-refractivity contribution < 1.29 is 9.47 Å². The van der Waals surface area contributed by atoms with E-state index in [0.717, 1.165) is 29.1 Å². The molecule has 0 atom stereocenters. The molecular formula is C17H18BrNO2. The molecule has 1 heterocycles. The van der Waals surface area contributed by atoms with Gasteiger partial charge in [-0.3, -0.25) is 0 Å². The number of rotatable bonds is 4. The van der Waals surface area contributed by atoms with E-state index >= 15 is 0 Å². The van der Waals surface area contributed by atoms with Gasteiger partial charge in [0.2, 0.25) is 0 Å². The van der Waals surface area contributed by atoms with E-state index in [-0.39, 0.29) is 0 Å². The van der Waals surface area contributed by atoms with Crippen molar-refractivity contribution in [3.8, 4) is 11.5 Å². The quantitative estimate of drug-likeness (QED) is 0.911. The van der Waals surface area contributed by atoms with Crippen LogP contribution in [0.1, 0.15) is 16.7 Å². The highest BCUT2D eigenvalue weighted by Gasteiger charge is 2.11. The second-order valence-corrected chi connectivity index (χ2v) is 6.02. The zero-order valence-corrected chi connectivity index (χ0v) is 13.6. The van der Waals surface area contributed by atoms with E-state index < -0.39 is 0 Å². The first-order valence-electron chi connectivity index (χ1n) is 7.06. The molecule has 0 saturated heterocycles. The fourth-order valence-electron chi connectivity index (χ4n) is 2.30. The number of halogens is 1. The van der Waals surface area contributed by atoms with Crippen LogP contribution in [0.2, 0.25) is 0 Å². The third-order valence-corrected chi connectivity index (χ3v) is 4.36. The van der Waals surface area contributed by atoms with Gasteiger partial charge in [0.25, 0.3) is 0 Å². The van der Waals surface area contributed by atoms with Crippen LogP contribution in [0, 0.1) is 6.92 Å². The Balaban J connectivity index is 1.58. The van der Waals surface area contributed by atoms with Crippen LogP contribution in [-0.4, -0.2) is 13.2 Å². The molecule has 1 aliphatic rings. The smallest absolute Gasteiger partial charge is 0.161 e. The maximum absolute atomic E-state index is 5.60. The molecule has 4 heteroatoms. The lowest BCUT2D eigenvalue weighted by Crippen LogP contribution is -2.16. The van der Waals surface area contributed by atoms with Gasteiger partial charge in [-0.2, -0.15) is 0 Å². The van der Waals surface area contributed by atoms with Crippen LogP contribution in [0.5, 0.6) is 11.5 Å². The molecule has 0 aromatic heterocycles. The summed E-state index contributed by atoms with van der Waals surface area (Å²) in [7, 11) is 0. The minimum atomic E-state index is 0.626. The third kappa shape index (κ3) is 3.57. The van der Waals surface area contributed by atoms with Crippen molar-refractivity contribution in [3.63, 3.8) is 0 Å². The van der Waals surface area contributed by atoms with Gasteiger partial charge in [-0.15, -0.1) is 0 Å². The molecule has 21 heavy (non-hydrogen) atoms. The van der Waals surface area contributed by atoms with E-state index in [1.54, 1.807) is 0 Å². The summed E-state index contributed by atoms with van der Waals surface area (Å²) in [6, 6.07) is 12.5. The first kappa shape index (κ1) is 14.4. The van der Waals surface area contributed by atoms with E-state index in [0.29, 0.717) is 13.2 Å². The van der Waals surface area contributed by atoms with Gasteiger partial charge in [0.05, 0.1) is 0 Å². The van der Waals surface area contributed by atoms with E-state index in [1.165, 1.54) is 16.7 Å². The average molecular weight is 348 g/mol. The van der Waals surface area contributed by atoms with Crippen molar-refractivity contribution in [2.75, 3.05) is 13.2 Å². The molecule has 0 bridgehead atoms. The Labute approximate surface area is 133 Å². The molecule has 0 saturated carbocycles. The summed E-state index contributed by atoms with van der Waals surface area (Å²) in [6.45, 7) is 5.00. The van der Waals surface area contributed by atoms with Crippen LogP contribution < -0.4 is 14.8 Å². The van der Waals surface area contributed by atoms with Crippen molar-refractivity contribution in [3.05, 3.63) is 57.6 Å². The first-order valence-corrected chi connectivity index (χ1v) is 7.86. The molecule has 0 spiro atoms. The standard InChI is InChI=1S/C17H18BrNO2/c1-12-2-3-13(8-15(12)18)10-19-11-14-4-5-16-17(9-14)21-7-6-20-16/h2-5,8-9,19H,6-7,10-11H2,1H3. The molecule has 2 aromatic rings. The molecular weight excluding hydrogens is 330 g/mol. The van der Waals surface area contributed by atoms with Crippen molar-refractivity contribution in [1.29, 1.82) is 0 Å². The Bertz CT molecular complexity index is 643. The van der Waals surface area contributed by atoms with Gasteiger partial charge in [0.15, 0.2) is 11.5 Å². The molecule has 110 valence electrons. The molecule has 0 unspecified atom stereocenters. The first-order chi connectivity index (χ1) is 10.2. The summed E-state index contributed by atoms with van der Waals surface area (Å²) >= 11 is 3.57. The van der Waals surface area contributed by atoms with Crippen molar-refractivity contribution in [2.24, 2.45) is 0 Å². The monoisotopic (exact) mass is 347 g/mol. The predicted octanol–water partition coefficient (Wildman–Crippen LogP) is 3.82. The highest BCUT2D eigenvalue weighted by Crippen LogP contribution is 2.30. The Hall–Kier alpha value is -1.52. The summed E-state index contributed by atoms with van der Waals surface area (Å²) in [5.41, 5.74) is 3.72. The zero-order valence-electron chi connectivity index (χ0n) is 12.0. The van der Waals surface area contributed by atoms with Crippen LogP contribution >= 0.6 is 15.9 Å². The van der Waals surface area contributed by atoms with Crippen molar-refractivity contribution in [2.45, 2.75) is 20.0 Å². The van der Waals surface area contributed by atoms with Gasteiger partial charge >= 0.3 is 0 Å². The van der Waals surface area contributed by atoms with E-state index in [9.17, 15) is 0 Å². The van der Waals surface area contributed by atoms with Crippen LogP contribution in [-0.2, 0) is 13.1 Å². The Morgan fingerprint density at radius 1 is 0.952 bits per heavy atom. The van der Waals surface area contributed by atoms with Gasteiger partial charge < -0.3 is 14.8 Å². The maximum atomic E-state index is 5.60. The van der Waals surface area contributed by atoms with Crippen LogP contribution in [0.3, 0.4) is 0 Å². The van der Waals surface area contributed by atoms with Gasteiger partial charge in [0, 0.05) is 17.6 Å². The zero-order chi connectivity index (χ0) is 14.7. The van der Waals surface area contributed by atoms with E-state index in [2.05, 4.69) is 52.4 Å². The van der Waals surface area contributed by atoms with Gasteiger partial charge in [-0.05, 0) is 41.8 Å². The Morgan fingerprint density at radius 2 is 1.62 bits per heavy atom. The maximum Gasteiger partial charge on any atom is 0.161 e. The molecule has 0 aliphatic carbocycles. The van der Waals surface area contributed by atoms with E-state index in [1.807, 2.05) is 12.1 Å². The SMILES string of the molecule is Cc1ccc(CNCc2ccc3c(c2)OCCO3)cc1Br. The normalized spacial score (nSPS) is 13.2. The molecule has 0 amide bonds. The number of aryl methyl sites for hydroxylation is 1. The number of nitrogens with one attached hydrogen (secondary N) is 1. The summed E-state index contributed by atoms with van der Waals surface area (Å²) in [4.78, 5) is 0. The van der Waals surface area contributed by atoms with Crippen molar-refractivity contribution in [1.82, 2.24) is 5.32 Å². The largest absolute Gasteiger partial charge is 0.486 e. The molecule has 0 radical (unpaired) electrons. The van der Waals surface area contributed by atoms with Crippen LogP contribution in [0.4, 0.5) is 0 Å². The summed E-state index contributed by atoms with van der Waals surface area (Å²) < 4.78 is 12.3. The highest BCUT2D eigenvalue weighted by molar-refractivity contribution is 9.10. The lowest BCUT2D eigenvalue weighted by molar-refractivity contribution is 0.171. The fourth-order valence-corrected chi connectivity index (χ4v) is 2.72. The number of ether oxygens (including phenoxy) is 2. The lowest BCUT2D eigenvalue weighted by Gasteiger charge is -2.19. The fraction of sp³-hybridized carbons (Fsp3) is 0.294. The van der Waals surface area contributed by atoms with Gasteiger partial charge in [-0.1, -0.05) is 34.1 Å². The molecule has 1 N–H and O–H groups in total.